The molecule has 0 unspecified atom stereocenters. The van der Waals surface area contributed by atoms with Crippen LogP contribution in [0.2, 0.25) is 5.02 Å². The van der Waals surface area contributed by atoms with E-state index in [1.807, 2.05) is 99.3 Å². The average molecular weight is 575 g/mol. The van der Waals surface area contributed by atoms with E-state index in [0.717, 1.165) is 22.5 Å². The molecule has 2 aromatic heterocycles. The molecule has 2 N–H and O–H groups in total. The molecule has 0 radical (unpaired) electrons. The van der Waals surface area contributed by atoms with E-state index in [1.165, 1.54) is 0 Å². The zero-order chi connectivity index (χ0) is 28.6. The van der Waals surface area contributed by atoms with E-state index in [2.05, 4.69) is 15.6 Å². The second-order valence-electron chi connectivity index (χ2n) is 10.7. The van der Waals surface area contributed by atoms with E-state index in [1.54, 1.807) is 13.3 Å². The van der Waals surface area contributed by atoms with Crippen molar-refractivity contribution in [2.75, 3.05) is 17.3 Å². The van der Waals surface area contributed by atoms with Gasteiger partial charge in [0.15, 0.2) is 5.11 Å². The molecule has 40 heavy (non-hydrogen) atoms. The van der Waals surface area contributed by atoms with Crippen molar-refractivity contribution in [1.29, 1.82) is 0 Å². The van der Waals surface area contributed by atoms with Crippen molar-refractivity contribution in [2.24, 2.45) is 5.41 Å². The second-order valence-corrected chi connectivity index (χ2v) is 11.5. The van der Waals surface area contributed by atoms with E-state index >= 15 is 0 Å². The fourth-order valence-electron chi connectivity index (χ4n) is 4.70. The van der Waals surface area contributed by atoms with Gasteiger partial charge in [-0.2, -0.15) is 0 Å². The monoisotopic (exact) mass is 574 g/mol. The molecule has 1 aliphatic rings. The molecular formula is C31H31ClN4O3S. The molecule has 0 saturated carbocycles. The lowest BCUT2D eigenvalue weighted by Crippen LogP contribution is -2.30. The summed E-state index contributed by atoms with van der Waals surface area (Å²) in [5, 5.41) is 7.61. The number of rotatable bonds is 6. The molecule has 0 aliphatic carbocycles. The van der Waals surface area contributed by atoms with Gasteiger partial charge >= 0.3 is 0 Å². The predicted octanol–water partition coefficient (Wildman–Crippen LogP) is 7.47. The Labute approximate surface area is 244 Å². The molecule has 2 aromatic carbocycles. The highest BCUT2D eigenvalue weighted by atomic mass is 35.5. The van der Waals surface area contributed by atoms with Crippen LogP contribution in [0.5, 0.6) is 5.75 Å². The number of hydrogen-bond donors (Lipinski definition) is 2. The molecule has 0 bridgehead atoms. The number of anilines is 2. The fourth-order valence-corrected chi connectivity index (χ4v) is 5.22. The van der Waals surface area contributed by atoms with Gasteiger partial charge in [-0.25, -0.2) is 0 Å². The van der Waals surface area contributed by atoms with Crippen molar-refractivity contribution in [3.05, 3.63) is 95.0 Å². The van der Waals surface area contributed by atoms with E-state index in [0.29, 0.717) is 33.1 Å². The Morgan fingerprint density at radius 2 is 1.93 bits per heavy atom. The number of thiocarbonyl (C=S) groups is 1. The second kappa shape index (κ2) is 10.9. The normalized spacial score (nSPS) is 17.1. The van der Waals surface area contributed by atoms with Crippen LogP contribution in [0, 0.1) is 12.3 Å². The largest absolute Gasteiger partial charge is 0.494 e. The molecule has 4 aromatic rings. The number of nitrogens with zero attached hydrogens (tertiary/aromatic N) is 2. The minimum Gasteiger partial charge on any atom is -0.494 e. The quantitative estimate of drug-likeness (QED) is 0.231. The molecule has 206 valence electrons. The molecular weight excluding hydrogens is 544 g/mol. The first-order valence-corrected chi connectivity index (χ1v) is 13.7. The maximum atomic E-state index is 12.7. The smallest absolute Gasteiger partial charge is 0.229 e. The summed E-state index contributed by atoms with van der Waals surface area (Å²) in [6.45, 7) is 7.56. The van der Waals surface area contributed by atoms with E-state index in [9.17, 15) is 4.79 Å². The Hall–Kier alpha value is -3.88. The van der Waals surface area contributed by atoms with Crippen LogP contribution >= 0.6 is 23.8 Å². The Kier molecular flexibility index (Phi) is 7.57. The molecule has 2 atom stereocenters. The van der Waals surface area contributed by atoms with Gasteiger partial charge in [0, 0.05) is 34.0 Å². The van der Waals surface area contributed by atoms with Gasteiger partial charge in [0.25, 0.3) is 0 Å². The van der Waals surface area contributed by atoms with E-state index < -0.39 is 5.41 Å². The Morgan fingerprint density at radius 1 is 1.12 bits per heavy atom. The minimum absolute atomic E-state index is 0.107. The third-order valence-electron chi connectivity index (χ3n) is 6.94. The summed E-state index contributed by atoms with van der Waals surface area (Å²) in [5.41, 5.74) is 3.51. The lowest BCUT2D eigenvalue weighted by molar-refractivity contribution is -0.123. The first kappa shape index (κ1) is 27.7. The van der Waals surface area contributed by atoms with Gasteiger partial charge in [-0.15, -0.1) is 0 Å². The van der Waals surface area contributed by atoms with Crippen LogP contribution in [0.4, 0.5) is 11.4 Å². The van der Waals surface area contributed by atoms with Crippen molar-refractivity contribution in [2.45, 2.75) is 39.8 Å². The minimum atomic E-state index is -0.552. The summed E-state index contributed by atoms with van der Waals surface area (Å²) in [6, 6.07) is 20.5. The maximum Gasteiger partial charge on any atom is 0.229 e. The first-order valence-electron chi connectivity index (χ1n) is 12.9. The fraction of sp³-hybridized carbons (Fsp3) is 0.258. The third kappa shape index (κ3) is 5.29. The lowest BCUT2D eigenvalue weighted by Gasteiger charge is -2.27. The number of aromatic nitrogens is 1. The Balaban J connectivity index is 1.57. The molecule has 9 heteroatoms. The van der Waals surface area contributed by atoms with E-state index in [4.69, 9.17) is 33.0 Å². The molecule has 3 heterocycles. The van der Waals surface area contributed by atoms with E-state index in [-0.39, 0.29) is 18.0 Å². The zero-order valence-corrected chi connectivity index (χ0v) is 24.6. The summed E-state index contributed by atoms with van der Waals surface area (Å²) >= 11 is 12.3. The van der Waals surface area contributed by atoms with Crippen molar-refractivity contribution < 1.29 is 13.9 Å². The average Bonchev–Trinajstić information content (AvgIpc) is 3.55. The van der Waals surface area contributed by atoms with Crippen LogP contribution < -0.4 is 20.3 Å². The Bertz CT molecular complexity index is 1560. The highest BCUT2D eigenvalue weighted by Gasteiger charge is 2.43. The number of methoxy groups -OCH3 is 1. The van der Waals surface area contributed by atoms with Crippen LogP contribution in [-0.4, -0.2) is 23.1 Å². The third-order valence-corrected chi connectivity index (χ3v) is 7.67. The number of carbonyl (C=O) groups excluding carboxylic acids is 1. The number of benzene rings is 2. The molecule has 0 spiro atoms. The highest BCUT2D eigenvalue weighted by molar-refractivity contribution is 7.80. The van der Waals surface area contributed by atoms with Crippen molar-refractivity contribution in [1.82, 2.24) is 10.3 Å². The molecule has 7 nitrogen and oxygen atoms in total. The van der Waals surface area contributed by atoms with Crippen molar-refractivity contribution in [3.8, 4) is 17.1 Å². The van der Waals surface area contributed by atoms with Gasteiger partial charge in [0.05, 0.1) is 24.5 Å². The number of amides is 1. The molecule has 5 rings (SSSR count). The number of ether oxygens (including phenoxy) is 1. The van der Waals surface area contributed by atoms with Crippen LogP contribution in [0.25, 0.3) is 11.3 Å². The number of pyridine rings is 1. The number of carbonyl (C=O) groups is 1. The van der Waals surface area contributed by atoms with Crippen molar-refractivity contribution >= 4 is 46.2 Å². The van der Waals surface area contributed by atoms with Gasteiger partial charge < -0.3 is 24.7 Å². The number of hydrogen-bond acceptors (Lipinski definition) is 5. The number of furan rings is 1. The lowest BCUT2D eigenvalue weighted by atomic mass is 9.95. The summed E-state index contributed by atoms with van der Waals surface area (Å²) in [5.74, 6) is 1.84. The van der Waals surface area contributed by atoms with Crippen LogP contribution in [-0.2, 0) is 4.79 Å². The summed E-state index contributed by atoms with van der Waals surface area (Å²) in [6.07, 6.45) is 1.76. The molecule has 1 aliphatic heterocycles. The standard InChI is InChI=1S/C31H31ClN4O3S/c1-18-20(9-8-10-21(18)32)24-14-15-25(39-24)28-27(23-11-6-7-16-33-23)35-30(40)36(28)19-12-13-22(26(17-19)38-5)34-29(37)31(2,3)4/h6-17,27-28H,1-5H3,(H,34,37)(H,35,40)/t27-,28-/m1/s1. The topological polar surface area (TPSA) is 79.6 Å². The predicted molar refractivity (Wildman–Crippen MR) is 163 cm³/mol. The molecule has 1 fully saturated rings. The summed E-state index contributed by atoms with van der Waals surface area (Å²) in [4.78, 5) is 19.3. The highest BCUT2D eigenvalue weighted by Crippen LogP contribution is 2.45. The molecule has 1 saturated heterocycles. The van der Waals surface area contributed by atoms with Gasteiger partial charge in [0.2, 0.25) is 5.91 Å². The first-order chi connectivity index (χ1) is 19.1. The number of halogens is 1. The van der Waals surface area contributed by atoms with Crippen LogP contribution in [0.3, 0.4) is 0 Å². The van der Waals surface area contributed by atoms with Gasteiger partial charge in [-0.05, 0) is 67.2 Å². The zero-order valence-electron chi connectivity index (χ0n) is 23.0. The summed E-state index contributed by atoms with van der Waals surface area (Å²) < 4.78 is 12.2. The van der Waals surface area contributed by atoms with Crippen LogP contribution in [0.1, 0.15) is 49.9 Å². The van der Waals surface area contributed by atoms with Gasteiger partial charge in [-0.1, -0.05) is 50.6 Å². The summed E-state index contributed by atoms with van der Waals surface area (Å²) in [7, 11) is 1.58. The van der Waals surface area contributed by atoms with Crippen molar-refractivity contribution in [3.63, 3.8) is 0 Å². The molecule has 1 amide bonds. The van der Waals surface area contributed by atoms with Crippen LogP contribution in [0.15, 0.2) is 77.3 Å². The SMILES string of the molecule is COc1cc(N2C(=S)N[C@H](c3ccccn3)[C@H]2c2ccc(-c3cccc(Cl)c3C)o2)ccc1NC(=O)C(C)(C)C. The Morgan fingerprint density at radius 3 is 2.62 bits per heavy atom. The van der Waals surface area contributed by atoms with Gasteiger partial charge in [0.1, 0.15) is 23.3 Å². The van der Waals surface area contributed by atoms with Gasteiger partial charge in [-0.3, -0.25) is 9.78 Å². The maximum absolute atomic E-state index is 12.7. The number of nitrogens with one attached hydrogen (secondary N) is 2.